The van der Waals surface area contributed by atoms with Crippen LogP contribution in [0, 0.1) is 0 Å². The summed E-state index contributed by atoms with van der Waals surface area (Å²) in [4.78, 5) is 0. The van der Waals surface area contributed by atoms with Gasteiger partial charge in [-0.2, -0.15) is 8.42 Å². The van der Waals surface area contributed by atoms with Crippen molar-refractivity contribution < 1.29 is 31.2 Å². The molecule has 0 N–H and O–H groups in total. The van der Waals surface area contributed by atoms with Crippen LogP contribution in [-0.2, 0) is 52.8 Å². The fourth-order valence-corrected chi connectivity index (χ4v) is 5.93. The van der Waals surface area contributed by atoms with Crippen molar-refractivity contribution in [3.8, 4) is 0 Å². The lowest BCUT2D eigenvalue weighted by molar-refractivity contribution is -0.143. The van der Waals surface area contributed by atoms with Crippen LogP contribution >= 0.6 is 0 Å². The van der Waals surface area contributed by atoms with Gasteiger partial charge in [0.2, 0.25) is 0 Å². The number of hydrogen-bond acceptors (Lipinski definition) is 7. The van der Waals surface area contributed by atoms with E-state index >= 15 is 0 Å². The maximum Gasteiger partial charge on any atom is 0.264 e. The van der Waals surface area contributed by atoms with Gasteiger partial charge in [0, 0.05) is 6.61 Å². The third-order valence-corrected chi connectivity index (χ3v) is 12.8. The summed E-state index contributed by atoms with van der Waals surface area (Å²) in [5, 5.41) is 0.0455. The average Bonchev–Trinajstić information content (AvgIpc) is 2.95. The number of hydrogen-bond donors (Lipinski definition) is 0. The lowest BCUT2D eigenvalue weighted by atomic mass is 10.0. The van der Waals surface area contributed by atoms with Crippen molar-refractivity contribution in [2.75, 3.05) is 19.5 Å². The normalized spacial score (nSPS) is 14.7. The summed E-state index contributed by atoms with van der Waals surface area (Å²) in [5.41, 5.74) is 2.93. The van der Waals surface area contributed by atoms with Gasteiger partial charge in [0.1, 0.15) is 12.2 Å². The van der Waals surface area contributed by atoms with Crippen LogP contribution in [0.3, 0.4) is 0 Å². The summed E-state index contributed by atoms with van der Waals surface area (Å²) < 4.78 is 56.3. The van der Waals surface area contributed by atoms with Crippen LogP contribution in [0.5, 0.6) is 0 Å². The van der Waals surface area contributed by atoms with Gasteiger partial charge in [0.25, 0.3) is 10.1 Å². The van der Waals surface area contributed by atoms with E-state index in [1.165, 1.54) is 0 Å². The Balaban J connectivity index is 1.89. The van der Waals surface area contributed by atoms with Crippen molar-refractivity contribution in [2.45, 2.75) is 83.5 Å². The second-order valence-corrected chi connectivity index (χ2v) is 18.7. The summed E-state index contributed by atoms with van der Waals surface area (Å²) in [6.45, 7) is 12.4. The molecule has 0 amide bonds. The highest BCUT2D eigenvalue weighted by molar-refractivity contribution is 7.86. The third kappa shape index (κ3) is 12.6. The van der Waals surface area contributed by atoms with Gasteiger partial charge in [-0.05, 0) is 41.2 Å². The van der Waals surface area contributed by atoms with Gasteiger partial charge in [-0.3, -0.25) is 4.18 Å². The molecule has 0 radical (unpaired) electrons. The molecule has 0 aliphatic carbocycles. The van der Waals surface area contributed by atoms with Crippen LogP contribution in [0.1, 0.15) is 43.9 Å². The molecule has 0 fully saturated rings. The topological polar surface area (TPSA) is 80.3 Å². The van der Waals surface area contributed by atoms with E-state index in [9.17, 15) is 8.42 Å². The van der Waals surface area contributed by atoms with E-state index in [1.807, 2.05) is 91.0 Å². The highest BCUT2D eigenvalue weighted by atomic mass is 32.2. The Bertz CT molecular complexity index is 1300. The Morgan fingerprint density at radius 1 is 0.698 bits per heavy atom. The Morgan fingerprint density at radius 3 is 1.63 bits per heavy atom. The van der Waals surface area contributed by atoms with Gasteiger partial charge in [-0.25, -0.2) is 0 Å². The molecule has 7 nitrogen and oxygen atoms in total. The smallest absolute Gasteiger partial charge is 0.264 e. The van der Waals surface area contributed by atoms with E-state index in [4.69, 9.17) is 22.8 Å². The van der Waals surface area contributed by atoms with Gasteiger partial charge in [0.05, 0.1) is 38.8 Å². The largest absolute Gasteiger partial charge is 0.417 e. The fraction of sp³-hybridized carbons (Fsp3) is 0.471. The molecule has 0 aromatic heterocycles. The van der Waals surface area contributed by atoms with Gasteiger partial charge in [0.15, 0.2) is 8.32 Å². The maximum atomic E-state index is 12.5. The molecule has 0 aliphatic rings. The first-order chi connectivity index (χ1) is 20.3. The molecule has 3 aromatic rings. The van der Waals surface area contributed by atoms with E-state index in [1.54, 1.807) is 0 Å². The monoisotopic (exact) mass is 628 g/mol. The summed E-state index contributed by atoms with van der Waals surface area (Å²) in [6.07, 6.45) is -0.721. The van der Waals surface area contributed by atoms with Crippen molar-refractivity contribution in [1.29, 1.82) is 0 Å². The molecule has 236 valence electrons. The summed E-state index contributed by atoms with van der Waals surface area (Å²) >= 11 is 0. The molecule has 0 aliphatic heterocycles. The summed E-state index contributed by atoms with van der Waals surface area (Å²) in [5.74, 6) is 0. The minimum atomic E-state index is -3.85. The second-order valence-electron chi connectivity index (χ2n) is 12.3. The fourth-order valence-electron chi connectivity index (χ4n) is 4.26. The quantitative estimate of drug-likeness (QED) is 0.110. The standard InChI is InChI=1S/C34H48O7SSi/c1-34(2,3)43(5,6)40-23-22-31(38-25-29-18-12-8-13-19-29)33(39-26-30-20-14-9-15-21-30)32(41-42(4,35)36)27-37-24-28-16-10-7-11-17-28/h7-21,31-33H,22-27H2,1-6H3/t31-,32-,33+/m1/s1. The molecular formula is C34H48O7SSi. The van der Waals surface area contributed by atoms with Crippen molar-refractivity contribution in [3.05, 3.63) is 108 Å². The summed E-state index contributed by atoms with van der Waals surface area (Å²) in [7, 11) is -5.89. The molecule has 9 heteroatoms. The zero-order valence-electron chi connectivity index (χ0n) is 26.4. The van der Waals surface area contributed by atoms with Crippen LogP contribution in [0.25, 0.3) is 0 Å². The molecule has 3 rings (SSSR count). The van der Waals surface area contributed by atoms with Gasteiger partial charge in [-0.15, -0.1) is 0 Å². The Hall–Kier alpha value is -2.37. The van der Waals surface area contributed by atoms with E-state index in [0.717, 1.165) is 22.9 Å². The Kier molecular flexibility index (Phi) is 13.6. The highest BCUT2D eigenvalue weighted by Crippen LogP contribution is 2.36. The van der Waals surface area contributed by atoms with Crippen molar-refractivity contribution in [1.82, 2.24) is 0 Å². The van der Waals surface area contributed by atoms with Crippen molar-refractivity contribution in [3.63, 3.8) is 0 Å². The predicted octanol–water partition coefficient (Wildman–Crippen LogP) is 7.13. The first kappa shape index (κ1) is 35.1. The first-order valence-corrected chi connectivity index (χ1v) is 19.5. The molecule has 0 bridgehead atoms. The van der Waals surface area contributed by atoms with E-state index < -0.39 is 36.7 Å². The van der Waals surface area contributed by atoms with Gasteiger partial charge < -0.3 is 18.6 Å². The molecule has 0 saturated carbocycles. The van der Waals surface area contributed by atoms with Crippen LogP contribution in [-0.4, -0.2) is 54.5 Å². The van der Waals surface area contributed by atoms with Gasteiger partial charge >= 0.3 is 0 Å². The minimum absolute atomic E-state index is 0.00426. The molecule has 43 heavy (non-hydrogen) atoms. The van der Waals surface area contributed by atoms with Crippen LogP contribution in [0.15, 0.2) is 91.0 Å². The molecule has 0 unspecified atom stereocenters. The Morgan fingerprint density at radius 2 is 1.16 bits per heavy atom. The Labute approximate surface area is 259 Å². The third-order valence-electron chi connectivity index (χ3n) is 7.69. The van der Waals surface area contributed by atoms with Crippen molar-refractivity contribution >= 4 is 18.4 Å². The molecule has 3 atom stereocenters. The zero-order valence-corrected chi connectivity index (χ0v) is 28.2. The highest BCUT2D eigenvalue weighted by Gasteiger charge is 2.39. The molecular weight excluding hydrogens is 581 g/mol. The molecule has 0 spiro atoms. The number of benzene rings is 3. The number of rotatable bonds is 18. The first-order valence-electron chi connectivity index (χ1n) is 14.8. The molecule has 0 heterocycles. The van der Waals surface area contributed by atoms with E-state index in [0.29, 0.717) is 26.2 Å². The SMILES string of the molecule is CC(C)(C)[Si](C)(C)OCC[C@@H](OCc1ccccc1)[C@H](OCc1ccccc1)[C@@H](COCc1ccccc1)OS(C)(=O)=O. The molecule has 0 saturated heterocycles. The van der Waals surface area contributed by atoms with Gasteiger partial charge in [-0.1, -0.05) is 112 Å². The van der Waals surface area contributed by atoms with Crippen LogP contribution < -0.4 is 0 Å². The lowest BCUT2D eigenvalue weighted by Crippen LogP contribution is -2.47. The number of ether oxygens (including phenoxy) is 3. The average molecular weight is 629 g/mol. The summed E-state index contributed by atoms with van der Waals surface area (Å²) in [6, 6.07) is 29.4. The van der Waals surface area contributed by atoms with Crippen LogP contribution in [0.2, 0.25) is 18.1 Å². The second kappa shape index (κ2) is 16.6. The van der Waals surface area contributed by atoms with Crippen molar-refractivity contribution in [2.24, 2.45) is 0 Å². The zero-order chi connectivity index (χ0) is 31.3. The minimum Gasteiger partial charge on any atom is -0.417 e. The van der Waals surface area contributed by atoms with E-state index in [2.05, 4.69) is 33.9 Å². The molecule has 3 aromatic carbocycles. The maximum absolute atomic E-state index is 12.5. The van der Waals surface area contributed by atoms with Crippen LogP contribution in [0.4, 0.5) is 0 Å². The predicted molar refractivity (Wildman–Crippen MR) is 174 cm³/mol. The lowest BCUT2D eigenvalue weighted by Gasteiger charge is -2.37. The van der Waals surface area contributed by atoms with E-state index in [-0.39, 0.29) is 18.3 Å².